The third kappa shape index (κ3) is 6.40. The highest BCUT2D eigenvalue weighted by atomic mass is 16.2. The Morgan fingerprint density at radius 2 is 1.11 bits per heavy atom. The van der Waals surface area contributed by atoms with Gasteiger partial charge in [-0.2, -0.15) is 4.90 Å². The summed E-state index contributed by atoms with van der Waals surface area (Å²) in [5.41, 5.74) is 2.38. The molecule has 0 atom stereocenters. The fourth-order valence-electron chi connectivity index (χ4n) is 3.03. The summed E-state index contributed by atoms with van der Waals surface area (Å²) >= 11 is 0. The van der Waals surface area contributed by atoms with Crippen molar-refractivity contribution in [2.45, 2.75) is 34.6 Å². The van der Waals surface area contributed by atoms with E-state index in [0.29, 0.717) is 0 Å². The van der Waals surface area contributed by atoms with Gasteiger partial charge in [-0.25, -0.2) is 0 Å². The van der Waals surface area contributed by atoms with Crippen LogP contribution < -0.4 is 10.0 Å². The first kappa shape index (κ1) is 22.7. The fraction of sp³-hybridized carbons (Fsp3) is 0.435. The zero-order valence-electron chi connectivity index (χ0n) is 17.6. The van der Waals surface area contributed by atoms with Crippen LogP contribution in [0.1, 0.15) is 34.6 Å². The molecule has 0 aromatic heterocycles. The van der Waals surface area contributed by atoms with Crippen LogP contribution in [0.25, 0.3) is 0 Å². The summed E-state index contributed by atoms with van der Waals surface area (Å²) in [4.78, 5) is 4.81. The molecule has 0 bridgehead atoms. The summed E-state index contributed by atoms with van der Waals surface area (Å²) in [6.45, 7) is 14.4. The van der Waals surface area contributed by atoms with Gasteiger partial charge in [0.2, 0.25) is 0 Å². The average molecular weight is 370 g/mol. The Morgan fingerprint density at radius 3 is 1.41 bits per heavy atom. The number of anilines is 2. The molecule has 0 aliphatic heterocycles. The first-order valence-electron chi connectivity index (χ1n) is 10.0. The minimum absolute atomic E-state index is 0. The monoisotopic (exact) mass is 369 g/mol. The molecule has 2 rings (SSSR count). The lowest BCUT2D eigenvalue weighted by Crippen LogP contribution is -2.48. The highest BCUT2D eigenvalue weighted by molar-refractivity contribution is 5.99. The van der Waals surface area contributed by atoms with Crippen molar-refractivity contribution in [1.29, 1.82) is 0 Å². The SMILES string of the molecule is CCN(CC)C(N(c1ccccc1)c1ccccc1)=[N+](CC)CC.CC[O-]. The van der Waals surface area contributed by atoms with Gasteiger partial charge in [-0.3, -0.25) is 9.48 Å². The van der Waals surface area contributed by atoms with Gasteiger partial charge in [-0.15, -0.1) is 6.61 Å². The van der Waals surface area contributed by atoms with Crippen LogP contribution in [0.3, 0.4) is 0 Å². The second-order valence-electron chi connectivity index (χ2n) is 5.94. The molecule has 27 heavy (non-hydrogen) atoms. The molecule has 0 unspecified atom stereocenters. The van der Waals surface area contributed by atoms with E-state index >= 15 is 0 Å². The minimum Gasteiger partial charge on any atom is -0.855 e. The standard InChI is InChI=1S/C21H30N3.C2H5O/c1-5-22(6-2)21(23(7-3)8-4)24(19-15-11-9-12-16-19)20-17-13-10-14-18-20;1-2-3/h9-18H,5-8H2,1-4H3;2H2,1H3/q+1;-1. The summed E-state index contributed by atoms with van der Waals surface area (Å²) < 4.78 is 2.44. The maximum atomic E-state index is 8.93. The molecule has 0 radical (unpaired) electrons. The normalized spacial score (nSPS) is 9.85. The summed E-state index contributed by atoms with van der Waals surface area (Å²) in [6, 6.07) is 21.3. The zero-order valence-corrected chi connectivity index (χ0v) is 17.6. The quantitative estimate of drug-likeness (QED) is 0.439. The van der Waals surface area contributed by atoms with Crippen LogP contribution in [0.2, 0.25) is 0 Å². The number of rotatable bonds is 6. The number of hydrogen-bond acceptors (Lipinski definition) is 1. The van der Waals surface area contributed by atoms with E-state index in [1.54, 1.807) is 6.92 Å². The molecule has 0 amide bonds. The molecular formula is C23H35N3O. The van der Waals surface area contributed by atoms with Crippen molar-refractivity contribution >= 4 is 17.3 Å². The third-order valence-corrected chi connectivity index (χ3v) is 4.32. The van der Waals surface area contributed by atoms with Crippen molar-refractivity contribution in [3.63, 3.8) is 0 Å². The van der Waals surface area contributed by atoms with Crippen molar-refractivity contribution in [3.8, 4) is 0 Å². The van der Waals surface area contributed by atoms with Gasteiger partial charge in [0.1, 0.15) is 11.4 Å². The van der Waals surface area contributed by atoms with Gasteiger partial charge >= 0.3 is 5.96 Å². The zero-order chi connectivity index (χ0) is 20.1. The van der Waals surface area contributed by atoms with Crippen molar-refractivity contribution < 1.29 is 9.68 Å². The van der Waals surface area contributed by atoms with E-state index in [-0.39, 0.29) is 6.61 Å². The van der Waals surface area contributed by atoms with Gasteiger partial charge in [0.05, 0.1) is 26.2 Å². The van der Waals surface area contributed by atoms with Crippen molar-refractivity contribution in [2.24, 2.45) is 0 Å². The van der Waals surface area contributed by atoms with Gasteiger partial charge in [0, 0.05) is 0 Å². The highest BCUT2D eigenvalue weighted by Gasteiger charge is 2.30. The molecule has 2 aromatic carbocycles. The van der Waals surface area contributed by atoms with Gasteiger partial charge in [-0.05, 0) is 52.0 Å². The van der Waals surface area contributed by atoms with E-state index in [2.05, 4.69) is 103 Å². The van der Waals surface area contributed by atoms with Gasteiger partial charge in [0.15, 0.2) is 0 Å². The summed E-state index contributed by atoms with van der Waals surface area (Å²) in [5.74, 6) is 1.25. The second kappa shape index (κ2) is 12.9. The van der Waals surface area contributed by atoms with Crippen LogP contribution in [-0.2, 0) is 0 Å². The highest BCUT2D eigenvalue weighted by Crippen LogP contribution is 2.26. The average Bonchev–Trinajstić information content (AvgIpc) is 2.72. The van der Waals surface area contributed by atoms with E-state index in [9.17, 15) is 0 Å². The number of guanidine groups is 1. The number of hydrogen-bond donors (Lipinski definition) is 0. The van der Waals surface area contributed by atoms with Crippen LogP contribution in [0.15, 0.2) is 60.7 Å². The van der Waals surface area contributed by atoms with Crippen molar-refractivity contribution in [3.05, 3.63) is 60.7 Å². The molecule has 0 fully saturated rings. The number of benzene rings is 2. The van der Waals surface area contributed by atoms with E-state index in [1.165, 1.54) is 17.3 Å². The van der Waals surface area contributed by atoms with Crippen LogP contribution in [0, 0.1) is 0 Å². The molecule has 0 saturated carbocycles. The fourth-order valence-corrected chi connectivity index (χ4v) is 3.03. The Morgan fingerprint density at radius 1 is 0.741 bits per heavy atom. The predicted octanol–water partition coefficient (Wildman–Crippen LogP) is 3.94. The summed E-state index contributed by atoms with van der Waals surface area (Å²) in [7, 11) is 0. The van der Waals surface area contributed by atoms with E-state index < -0.39 is 0 Å². The molecule has 0 saturated heterocycles. The van der Waals surface area contributed by atoms with E-state index in [4.69, 9.17) is 5.11 Å². The lowest BCUT2D eigenvalue weighted by Gasteiger charge is -2.29. The van der Waals surface area contributed by atoms with Crippen LogP contribution in [0.4, 0.5) is 11.4 Å². The molecule has 0 heterocycles. The van der Waals surface area contributed by atoms with Gasteiger partial charge in [0.25, 0.3) is 0 Å². The van der Waals surface area contributed by atoms with Crippen LogP contribution in [-0.4, -0.2) is 48.2 Å². The van der Waals surface area contributed by atoms with Crippen molar-refractivity contribution in [1.82, 2.24) is 4.90 Å². The first-order chi connectivity index (χ1) is 13.2. The number of nitrogens with zero attached hydrogens (tertiary/aromatic N) is 3. The molecule has 0 spiro atoms. The third-order valence-electron chi connectivity index (χ3n) is 4.32. The van der Waals surface area contributed by atoms with Crippen LogP contribution in [0.5, 0.6) is 0 Å². The molecule has 4 heteroatoms. The van der Waals surface area contributed by atoms with E-state index in [0.717, 1.165) is 26.2 Å². The van der Waals surface area contributed by atoms with Crippen molar-refractivity contribution in [2.75, 3.05) is 37.7 Å². The molecule has 4 nitrogen and oxygen atoms in total. The maximum absolute atomic E-state index is 8.93. The number of para-hydroxylation sites is 2. The smallest absolute Gasteiger partial charge is 0.360 e. The molecule has 0 aliphatic rings. The minimum atomic E-state index is 0. The topological polar surface area (TPSA) is 32.5 Å². The largest absolute Gasteiger partial charge is 0.855 e. The molecular weight excluding hydrogens is 334 g/mol. The second-order valence-corrected chi connectivity index (χ2v) is 5.94. The lowest BCUT2D eigenvalue weighted by molar-refractivity contribution is -0.526. The Balaban J connectivity index is 0.00000114. The first-order valence-corrected chi connectivity index (χ1v) is 10.0. The Labute approximate surface area is 165 Å². The van der Waals surface area contributed by atoms with E-state index in [1.807, 2.05) is 0 Å². The lowest BCUT2D eigenvalue weighted by atomic mass is 10.2. The molecule has 0 aliphatic carbocycles. The van der Waals surface area contributed by atoms with Gasteiger partial charge < -0.3 is 5.11 Å². The van der Waals surface area contributed by atoms with Gasteiger partial charge in [-0.1, -0.05) is 43.3 Å². The Bertz CT molecular complexity index is 606. The predicted molar refractivity (Wildman–Crippen MR) is 115 cm³/mol. The molecule has 148 valence electrons. The maximum Gasteiger partial charge on any atom is 0.360 e. The summed E-state index contributed by atoms with van der Waals surface area (Å²) in [5, 5.41) is 8.93. The molecule has 2 aromatic rings. The van der Waals surface area contributed by atoms with Crippen LogP contribution >= 0.6 is 0 Å². The Hall–Kier alpha value is -2.33. The Kier molecular flexibility index (Phi) is 10.9. The molecule has 0 N–H and O–H groups in total. The summed E-state index contributed by atoms with van der Waals surface area (Å²) in [6.07, 6.45) is 0.